The molecule has 82 valence electrons. The summed E-state index contributed by atoms with van der Waals surface area (Å²) < 4.78 is 1.83. The Labute approximate surface area is 95.5 Å². The summed E-state index contributed by atoms with van der Waals surface area (Å²) in [5.74, 6) is 1.01. The van der Waals surface area contributed by atoms with Crippen LogP contribution in [0.3, 0.4) is 0 Å². The summed E-state index contributed by atoms with van der Waals surface area (Å²) in [7, 11) is 0. The molecule has 1 aromatic carbocycles. The van der Waals surface area contributed by atoms with Crippen molar-refractivity contribution in [1.82, 2.24) is 9.66 Å². The average Bonchev–Trinajstić information content (AvgIpc) is 2.76. The van der Waals surface area contributed by atoms with Crippen LogP contribution in [0.5, 0.6) is 0 Å². The molecule has 0 aliphatic carbocycles. The molecule has 3 nitrogen and oxygen atoms in total. The first-order valence-corrected chi connectivity index (χ1v) is 5.52. The van der Waals surface area contributed by atoms with Crippen molar-refractivity contribution in [3.63, 3.8) is 0 Å². The van der Waals surface area contributed by atoms with E-state index in [0.717, 1.165) is 24.2 Å². The predicted octanol–water partition coefficient (Wildman–Crippen LogP) is 2.72. The van der Waals surface area contributed by atoms with Crippen molar-refractivity contribution in [3.05, 3.63) is 54.1 Å². The second-order valence-electron chi connectivity index (χ2n) is 3.59. The summed E-state index contributed by atoms with van der Waals surface area (Å²) in [5.41, 5.74) is 1.10. The lowest BCUT2D eigenvalue weighted by atomic mass is 10.2. The fourth-order valence-corrected chi connectivity index (χ4v) is 1.50. The minimum absolute atomic E-state index is 0.957. The smallest absolute Gasteiger partial charge is 0.129 e. The molecule has 3 heteroatoms. The van der Waals surface area contributed by atoms with Crippen LogP contribution < -0.4 is 0 Å². The molecule has 0 atom stereocenters. The van der Waals surface area contributed by atoms with Crippen LogP contribution in [0.1, 0.15) is 24.7 Å². The number of imidazole rings is 1. The van der Waals surface area contributed by atoms with Crippen molar-refractivity contribution < 1.29 is 0 Å². The first-order valence-electron chi connectivity index (χ1n) is 5.52. The number of hydrogen-bond donors (Lipinski definition) is 0. The molecule has 0 spiro atoms. The Morgan fingerprint density at radius 2 is 2.12 bits per heavy atom. The van der Waals surface area contributed by atoms with Gasteiger partial charge in [-0.15, -0.1) is 0 Å². The number of rotatable bonds is 4. The lowest BCUT2D eigenvalue weighted by Gasteiger charge is -1.99. The predicted molar refractivity (Wildman–Crippen MR) is 65.7 cm³/mol. The maximum Gasteiger partial charge on any atom is 0.129 e. The molecule has 1 heterocycles. The third-order valence-electron chi connectivity index (χ3n) is 2.30. The number of benzene rings is 1. The standard InChI is InChI=1S/C13H15N3/c1-2-6-13-14-9-10-16(13)15-11-12-7-4-3-5-8-12/h3-5,7-11H,2,6H2,1H3/b15-11+. The minimum atomic E-state index is 0.957. The molecule has 0 N–H and O–H groups in total. The molecule has 0 saturated carbocycles. The maximum absolute atomic E-state index is 4.38. The summed E-state index contributed by atoms with van der Waals surface area (Å²) in [6.07, 6.45) is 7.55. The number of hydrogen-bond acceptors (Lipinski definition) is 2. The van der Waals surface area contributed by atoms with E-state index >= 15 is 0 Å². The molecule has 0 bridgehead atoms. The molecule has 2 rings (SSSR count). The highest BCUT2D eigenvalue weighted by Crippen LogP contribution is 2.01. The Hall–Kier alpha value is -1.90. The summed E-state index contributed by atoms with van der Waals surface area (Å²) in [5, 5.41) is 4.38. The summed E-state index contributed by atoms with van der Waals surface area (Å²) in [6, 6.07) is 10.1. The van der Waals surface area contributed by atoms with Gasteiger partial charge in [0.25, 0.3) is 0 Å². The normalized spacial score (nSPS) is 11.1. The highest BCUT2D eigenvalue weighted by Gasteiger charge is 1.98. The van der Waals surface area contributed by atoms with Crippen LogP contribution in [-0.2, 0) is 6.42 Å². The molecule has 16 heavy (non-hydrogen) atoms. The topological polar surface area (TPSA) is 30.2 Å². The van der Waals surface area contributed by atoms with Crippen molar-refractivity contribution in [2.75, 3.05) is 0 Å². The second kappa shape index (κ2) is 5.26. The van der Waals surface area contributed by atoms with Gasteiger partial charge in [-0.3, -0.25) is 0 Å². The van der Waals surface area contributed by atoms with Gasteiger partial charge in [0.15, 0.2) is 0 Å². The quantitative estimate of drug-likeness (QED) is 0.718. The van der Waals surface area contributed by atoms with Crippen LogP contribution in [0.2, 0.25) is 0 Å². The van der Waals surface area contributed by atoms with Crippen molar-refractivity contribution >= 4 is 6.21 Å². The third-order valence-corrected chi connectivity index (χ3v) is 2.30. The molecule has 0 radical (unpaired) electrons. The fourth-order valence-electron chi connectivity index (χ4n) is 1.50. The van der Waals surface area contributed by atoms with Gasteiger partial charge in [-0.1, -0.05) is 37.3 Å². The molecule has 0 amide bonds. The molecular weight excluding hydrogens is 198 g/mol. The van der Waals surface area contributed by atoms with Gasteiger partial charge in [0.1, 0.15) is 5.82 Å². The van der Waals surface area contributed by atoms with Crippen LogP contribution >= 0.6 is 0 Å². The molecular formula is C13H15N3. The zero-order valence-electron chi connectivity index (χ0n) is 9.37. The van der Waals surface area contributed by atoms with Gasteiger partial charge in [-0.05, 0) is 12.0 Å². The van der Waals surface area contributed by atoms with E-state index in [4.69, 9.17) is 0 Å². The number of nitrogens with zero attached hydrogens (tertiary/aromatic N) is 3. The van der Waals surface area contributed by atoms with E-state index in [1.807, 2.05) is 47.4 Å². The Kier molecular flexibility index (Phi) is 3.49. The molecule has 2 aromatic rings. The third kappa shape index (κ3) is 2.57. The van der Waals surface area contributed by atoms with E-state index in [1.54, 1.807) is 6.20 Å². The monoisotopic (exact) mass is 213 g/mol. The van der Waals surface area contributed by atoms with Crippen LogP contribution in [0, 0.1) is 0 Å². The molecule has 0 aliphatic rings. The summed E-state index contributed by atoms with van der Waals surface area (Å²) >= 11 is 0. The first-order chi connectivity index (χ1) is 7.90. The van der Waals surface area contributed by atoms with E-state index in [-0.39, 0.29) is 0 Å². The second-order valence-corrected chi connectivity index (χ2v) is 3.59. The average molecular weight is 213 g/mol. The summed E-state index contributed by atoms with van der Waals surface area (Å²) in [6.45, 7) is 2.14. The van der Waals surface area contributed by atoms with Crippen LogP contribution in [0.15, 0.2) is 47.8 Å². The highest BCUT2D eigenvalue weighted by atomic mass is 15.4. The van der Waals surface area contributed by atoms with Crippen molar-refractivity contribution in [3.8, 4) is 0 Å². The van der Waals surface area contributed by atoms with Gasteiger partial charge in [-0.2, -0.15) is 5.10 Å². The van der Waals surface area contributed by atoms with E-state index in [2.05, 4.69) is 17.0 Å². The Morgan fingerprint density at radius 1 is 1.31 bits per heavy atom. The van der Waals surface area contributed by atoms with E-state index in [0.29, 0.717) is 0 Å². The van der Waals surface area contributed by atoms with Gasteiger partial charge in [-0.25, -0.2) is 9.66 Å². The van der Waals surface area contributed by atoms with Crippen molar-refractivity contribution in [2.45, 2.75) is 19.8 Å². The van der Waals surface area contributed by atoms with Crippen LogP contribution in [0.25, 0.3) is 0 Å². The van der Waals surface area contributed by atoms with Crippen molar-refractivity contribution in [2.24, 2.45) is 5.10 Å². The van der Waals surface area contributed by atoms with Crippen molar-refractivity contribution in [1.29, 1.82) is 0 Å². The molecule has 0 unspecified atom stereocenters. The van der Waals surface area contributed by atoms with Gasteiger partial charge < -0.3 is 0 Å². The Morgan fingerprint density at radius 3 is 2.88 bits per heavy atom. The van der Waals surface area contributed by atoms with Gasteiger partial charge in [0, 0.05) is 18.8 Å². The van der Waals surface area contributed by atoms with Crippen LogP contribution in [0.4, 0.5) is 0 Å². The lowest BCUT2D eigenvalue weighted by Crippen LogP contribution is -1.97. The summed E-state index contributed by atoms with van der Waals surface area (Å²) in [4.78, 5) is 4.27. The van der Waals surface area contributed by atoms with Gasteiger partial charge in [0.05, 0.1) is 6.21 Å². The zero-order valence-corrected chi connectivity index (χ0v) is 9.37. The molecule has 0 fully saturated rings. The number of aryl methyl sites for hydroxylation is 1. The Bertz CT molecular complexity index is 457. The fraction of sp³-hybridized carbons (Fsp3) is 0.231. The molecule has 0 saturated heterocycles. The lowest BCUT2D eigenvalue weighted by molar-refractivity contribution is 0.745. The van der Waals surface area contributed by atoms with Gasteiger partial charge in [0.2, 0.25) is 0 Å². The maximum atomic E-state index is 4.38. The molecule has 1 aromatic heterocycles. The van der Waals surface area contributed by atoms with E-state index in [9.17, 15) is 0 Å². The Balaban J connectivity index is 2.14. The minimum Gasteiger partial charge on any atom is -0.240 e. The van der Waals surface area contributed by atoms with Gasteiger partial charge >= 0.3 is 0 Å². The largest absolute Gasteiger partial charge is 0.240 e. The van der Waals surface area contributed by atoms with E-state index < -0.39 is 0 Å². The van der Waals surface area contributed by atoms with E-state index in [1.165, 1.54) is 0 Å². The SMILES string of the molecule is CCCc1nccn1/N=C/c1ccccc1. The highest BCUT2D eigenvalue weighted by molar-refractivity contribution is 5.79. The molecule has 0 aliphatic heterocycles. The zero-order chi connectivity index (χ0) is 11.2. The first kappa shape index (κ1) is 10.6. The number of aromatic nitrogens is 2. The van der Waals surface area contributed by atoms with Crippen LogP contribution in [-0.4, -0.2) is 15.9 Å².